The summed E-state index contributed by atoms with van der Waals surface area (Å²) in [6.45, 7) is 4.08. The van der Waals surface area contributed by atoms with Gasteiger partial charge in [0.05, 0.1) is 0 Å². The van der Waals surface area contributed by atoms with Crippen molar-refractivity contribution in [1.29, 1.82) is 0 Å². The van der Waals surface area contributed by atoms with Crippen molar-refractivity contribution in [2.24, 2.45) is 11.1 Å². The van der Waals surface area contributed by atoms with Crippen LogP contribution in [0.15, 0.2) is 6.07 Å². The first-order chi connectivity index (χ1) is 9.58. The second-order valence-electron chi connectivity index (χ2n) is 6.25. The van der Waals surface area contributed by atoms with Gasteiger partial charge in [0.2, 0.25) is 5.95 Å². The predicted octanol–water partition coefficient (Wildman–Crippen LogP) is 2.58. The fourth-order valence-corrected chi connectivity index (χ4v) is 3.73. The van der Waals surface area contributed by atoms with Crippen molar-refractivity contribution >= 4 is 23.2 Å². The summed E-state index contributed by atoms with van der Waals surface area (Å²) in [5.41, 5.74) is 7.93. The van der Waals surface area contributed by atoms with Crippen LogP contribution < -0.4 is 10.6 Å². The lowest BCUT2D eigenvalue weighted by Crippen LogP contribution is -2.40. The number of anilines is 1. The average molecular weight is 290 g/mol. The van der Waals surface area contributed by atoms with Gasteiger partial charge in [-0.3, -0.25) is 0 Å². The molecule has 5 heteroatoms. The van der Waals surface area contributed by atoms with Gasteiger partial charge in [-0.25, -0.2) is 9.97 Å². The Morgan fingerprint density at radius 3 is 2.45 bits per heavy atom. The van der Waals surface area contributed by atoms with E-state index in [4.69, 9.17) is 18.0 Å². The summed E-state index contributed by atoms with van der Waals surface area (Å²) in [4.78, 5) is 11.7. The molecular weight excluding hydrogens is 268 g/mol. The SMILES string of the molecule is Cc1cc(C(N)=S)nc(N2CCC3(CCCC3)CC2)n1. The lowest BCUT2D eigenvalue weighted by Gasteiger charge is -2.39. The molecule has 0 aromatic carbocycles. The number of piperidine rings is 1. The standard InChI is InChI=1S/C15H22N4S/c1-11-10-12(13(16)20)18-14(17-11)19-8-6-15(7-9-19)4-2-3-5-15/h10H,2-9H2,1H3,(H2,16,20). The van der Waals surface area contributed by atoms with Crippen LogP contribution in [0.4, 0.5) is 5.95 Å². The van der Waals surface area contributed by atoms with Gasteiger partial charge < -0.3 is 10.6 Å². The molecule has 2 aliphatic rings. The Kier molecular flexibility index (Phi) is 3.63. The molecule has 0 bridgehead atoms. The Hall–Kier alpha value is -1.23. The molecule has 4 nitrogen and oxygen atoms in total. The Balaban J connectivity index is 1.76. The molecule has 108 valence electrons. The maximum Gasteiger partial charge on any atom is 0.226 e. The van der Waals surface area contributed by atoms with Crippen LogP contribution in [0.1, 0.15) is 49.9 Å². The third-order valence-electron chi connectivity index (χ3n) is 4.87. The fourth-order valence-electron chi connectivity index (χ4n) is 3.63. The zero-order valence-corrected chi connectivity index (χ0v) is 12.9. The second-order valence-corrected chi connectivity index (χ2v) is 6.69. The molecule has 1 saturated carbocycles. The van der Waals surface area contributed by atoms with Gasteiger partial charge in [-0.1, -0.05) is 25.1 Å². The molecular formula is C15H22N4S. The summed E-state index contributed by atoms with van der Waals surface area (Å²) >= 11 is 5.03. The first-order valence-electron chi connectivity index (χ1n) is 7.48. The van der Waals surface area contributed by atoms with Gasteiger partial charge in [0.1, 0.15) is 10.7 Å². The molecule has 2 heterocycles. The number of aryl methyl sites for hydroxylation is 1. The first-order valence-corrected chi connectivity index (χ1v) is 7.89. The Morgan fingerprint density at radius 2 is 1.85 bits per heavy atom. The smallest absolute Gasteiger partial charge is 0.226 e. The van der Waals surface area contributed by atoms with Gasteiger partial charge in [-0.15, -0.1) is 0 Å². The third kappa shape index (κ3) is 2.64. The maximum absolute atomic E-state index is 5.70. The van der Waals surface area contributed by atoms with Gasteiger partial charge in [-0.05, 0) is 44.1 Å². The monoisotopic (exact) mass is 290 g/mol. The Morgan fingerprint density at radius 1 is 1.20 bits per heavy atom. The number of nitrogens with zero attached hydrogens (tertiary/aromatic N) is 3. The van der Waals surface area contributed by atoms with E-state index in [1.807, 2.05) is 13.0 Å². The molecule has 1 aromatic heterocycles. The van der Waals surface area contributed by atoms with E-state index in [9.17, 15) is 0 Å². The fraction of sp³-hybridized carbons (Fsp3) is 0.667. The van der Waals surface area contributed by atoms with E-state index in [0.717, 1.165) is 24.7 Å². The second kappa shape index (κ2) is 5.28. The van der Waals surface area contributed by atoms with E-state index in [1.54, 1.807) is 0 Å². The van der Waals surface area contributed by atoms with Crippen molar-refractivity contribution in [3.8, 4) is 0 Å². The zero-order chi connectivity index (χ0) is 14.2. The first kappa shape index (κ1) is 13.7. The van der Waals surface area contributed by atoms with Crippen molar-refractivity contribution in [2.45, 2.75) is 45.4 Å². The number of hydrogen-bond donors (Lipinski definition) is 1. The highest BCUT2D eigenvalue weighted by atomic mass is 32.1. The molecule has 20 heavy (non-hydrogen) atoms. The Labute approximate surface area is 125 Å². The summed E-state index contributed by atoms with van der Waals surface area (Å²) in [6, 6.07) is 1.86. The number of nitrogens with two attached hydrogens (primary N) is 1. The number of rotatable bonds is 2. The van der Waals surface area contributed by atoms with Crippen molar-refractivity contribution in [3.63, 3.8) is 0 Å². The lowest BCUT2D eigenvalue weighted by molar-refractivity contribution is 0.225. The van der Waals surface area contributed by atoms with E-state index in [0.29, 0.717) is 16.1 Å². The summed E-state index contributed by atoms with van der Waals surface area (Å²) in [7, 11) is 0. The van der Waals surface area contributed by atoms with Crippen molar-refractivity contribution in [2.75, 3.05) is 18.0 Å². The normalized spacial score (nSPS) is 21.4. The average Bonchev–Trinajstić information content (AvgIpc) is 2.87. The van der Waals surface area contributed by atoms with Crippen molar-refractivity contribution < 1.29 is 0 Å². The van der Waals surface area contributed by atoms with Crippen LogP contribution in [0.2, 0.25) is 0 Å². The summed E-state index contributed by atoms with van der Waals surface area (Å²) in [5.74, 6) is 0.792. The molecule has 1 aliphatic heterocycles. The highest BCUT2D eigenvalue weighted by molar-refractivity contribution is 7.80. The molecule has 0 radical (unpaired) electrons. The zero-order valence-electron chi connectivity index (χ0n) is 12.1. The van der Waals surface area contributed by atoms with E-state index < -0.39 is 0 Å². The molecule has 0 amide bonds. The van der Waals surface area contributed by atoms with Gasteiger partial charge in [0, 0.05) is 18.8 Å². The number of hydrogen-bond acceptors (Lipinski definition) is 4. The molecule has 1 spiro atoms. The number of aromatic nitrogens is 2. The van der Waals surface area contributed by atoms with Gasteiger partial charge >= 0.3 is 0 Å². The van der Waals surface area contributed by atoms with E-state index >= 15 is 0 Å². The molecule has 2 fully saturated rings. The Bertz CT molecular complexity index is 513. The van der Waals surface area contributed by atoms with Crippen LogP contribution in [-0.4, -0.2) is 28.0 Å². The summed E-state index contributed by atoms with van der Waals surface area (Å²) in [5, 5.41) is 0. The minimum atomic E-state index is 0.348. The topological polar surface area (TPSA) is 55.0 Å². The molecule has 0 unspecified atom stereocenters. The van der Waals surface area contributed by atoms with Gasteiger partial charge in [-0.2, -0.15) is 0 Å². The van der Waals surface area contributed by atoms with Crippen LogP contribution in [-0.2, 0) is 0 Å². The summed E-state index contributed by atoms with van der Waals surface area (Å²) < 4.78 is 0. The van der Waals surface area contributed by atoms with Crippen LogP contribution in [0.25, 0.3) is 0 Å². The molecule has 2 N–H and O–H groups in total. The predicted molar refractivity (Wildman–Crippen MR) is 85.0 cm³/mol. The van der Waals surface area contributed by atoms with Crippen LogP contribution >= 0.6 is 12.2 Å². The molecule has 1 aromatic rings. The van der Waals surface area contributed by atoms with E-state index in [-0.39, 0.29) is 0 Å². The van der Waals surface area contributed by atoms with Crippen LogP contribution in [0, 0.1) is 12.3 Å². The quantitative estimate of drug-likeness (QED) is 0.848. The molecule has 3 rings (SSSR count). The van der Waals surface area contributed by atoms with Gasteiger partial charge in [0.25, 0.3) is 0 Å². The minimum Gasteiger partial charge on any atom is -0.388 e. The highest BCUT2D eigenvalue weighted by Crippen LogP contribution is 2.46. The van der Waals surface area contributed by atoms with Gasteiger partial charge in [0.15, 0.2) is 0 Å². The highest BCUT2D eigenvalue weighted by Gasteiger charge is 2.37. The number of thiocarbonyl (C=S) groups is 1. The summed E-state index contributed by atoms with van der Waals surface area (Å²) in [6.07, 6.45) is 8.18. The molecule has 0 atom stereocenters. The largest absolute Gasteiger partial charge is 0.388 e. The lowest BCUT2D eigenvalue weighted by atomic mass is 9.77. The van der Waals surface area contributed by atoms with E-state index in [2.05, 4.69) is 14.9 Å². The van der Waals surface area contributed by atoms with Crippen LogP contribution in [0.3, 0.4) is 0 Å². The van der Waals surface area contributed by atoms with Crippen molar-refractivity contribution in [3.05, 3.63) is 17.5 Å². The van der Waals surface area contributed by atoms with E-state index in [1.165, 1.54) is 38.5 Å². The minimum absolute atomic E-state index is 0.348. The molecule has 1 saturated heterocycles. The maximum atomic E-state index is 5.70. The third-order valence-corrected chi connectivity index (χ3v) is 5.08. The van der Waals surface area contributed by atoms with Crippen molar-refractivity contribution in [1.82, 2.24) is 9.97 Å². The van der Waals surface area contributed by atoms with Crippen LogP contribution in [0.5, 0.6) is 0 Å². The molecule has 1 aliphatic carbocycles.